The SMILES string of the molecule is C=C(Nc1nc2ccc(OCC)cc2s1)c1cn(CCCCCC(=O)NO)c2ccccc2c1=O. The molecule has 35 heavy (non-hydrogen) atoms. The van der Waals surface area contributed by atoms with Gasteiger partial charge in [-0.1, -0.05) is 36.5 Å². The van der Waals surface area contributed by atoms with Crippen LogP contribution in [0.3, 0.4) is 0 Å². The van der Waals surface area contributed by atoms with Gasteiger partial charge in [-0.25, -0.2) is 10.5 Å². The lowest BCUT2D eigenvalue weighted by molar-refractivity contribution is -0.129. The molecule has 2 aromatic carbocycles. The Balaban J connectivity index is 1.55. The molecule has 0 saturated carbocycles. The minimum Gasteiger partial charge on any atom is -0.494 e. The molecule has 182 valence electrons. The number of pyridine rings is 1. The Labute approximate surface area is 206 Å². The van der Waals surface area contributed by atoms with Gasteiger partial charge in [0.25, 0.3) is 0 Å². The van der Waals surface area contributed by atoms with Crippen molar-refractivity contribution >= 4 is 49.2 Å². The number of benzene rings is 2. The van der Waals surface area contributed by atoms with E-state index in [-0.39, 0.29) is 17.8 Å². The molecule has 0 radical (unpaired) electrons. The van der Waals surface area contributed by atoms with E-state index in [0.717, 1.165) is 34.3 Å². The van der Waals surface area contributed by atoms with E-state index in [0.29, 0.717) is 41.4 Å². The number of unbranched alkanes of at least 4 members (excludes halogenated alkanes) is 2. The number of hydrogen-bond donors (Lipinski definition) is 3. The van der Waals surface area contributed by atoms with E-state index in [2.05, 4.69) is 21.4 Å². The lowest BCUT2D eigenvalue weighted by atomic mass is 10.1. The number of aromatic nitrogens is 2. The number of amides is 1. The Bertz CT molecular complexity index is 1430. The maximum absolute atomic E-state index is 13.3. The van der Waals surface area contributed by atoms with Crippen LogP contribution in [0.15, 0.2) is 60.0 Å². The second kappa shape index (κ2) is 11.2. The van der Waals surface area contributed by atoms with Crippen molar-refractivity contribution in [2.45, 2.75) is 39.2 Å². The van der Waals surface area contributed by atoms with Crippen molar-refractivity contribution < 1.29 is 14.7 Å². The van der Waals surface area contributed by atoms with E-state index in [4.69, 9.17) is 9.94 Å². The molecule has 4 aromatic rings. The van der Waals surface area contributed by atoms with E-state index in [1.807, 2.05) is 55.6 Å². The lowest BCUT2D eigenvalue weighted by Crippen LogP contribution is -2.18. The first-order chi connectivity index (χ1) is 17.0. The molecule has 0 atom stereocenters. The predicted molar refractivity (Wildman–Crippen MR) is 140 cm³/mol. The highest BCUT2D eigenvalue weighted by Crippen LogP contribution is 2.31. The molecule has 0 bridgehead atoms. The maximum Gasteiger partial charge on any atom is 0.243 e. The fourth-order valence-corrected chi connectivity index (χ4v) is 4.88. The number of para-hydroxylation sites is 1. The molecule has 0 saturated heterocycles. The summed E-state index contributed by atoms with van der Waals surface area (Å²) in [5.41, 5.74) is 4.23. The summed E-state index contributed by atoms with van der Waals surface area (Å²) in [6.07, 6.45) is 4.43. The Hall–Kier alpha value is -3.69. The van der Waals surface area contributed by atoms with Crippen LogP contribution >= 0.6 is 11.3 Å². The summed E-state index contributed by atoms with van der Waals surface area (Å²) in [5.74, 6) is 0.413. The number of hydrogen-bond acceptors (Lipinski definition) is 7. The standard InChI is InChI=1S/C26H28N4O4S/c1-3-34-18-12-13-21-23(15-18)35-26(28-21)27-17(2)20-16-30(14-8-4-5-11-24(31)29-33)22-10-7-6-9-19(22)25(20)32/h6-7,9-10,12-13,15-16,33H,2-5,8,11,14H2,1H3,(H,27,28)(H,29,31). The number of nitrogens with zero attached hydrogens (tertiary/aromatic N) is 2. The molecular formula is C26H28N4O4S. The Morgan fingerprint density at radius 2 is 2.03 bits per heavy atom. The first-order valence-electron chi connectivity index (χ1n) is 11.5. The van der Waals surface area contributed by atoms with Gasteiger partial charge in [-0.15, -0.1) is 0 Å². The zero-order valence-corrected chi connectivity index (χ0v) is 20.4. The highest BCUT2D eigenvalue weighted by Gasteiger charge is 2.14. The summed E-state index contributed by atoms with van der Waals surface area (Å²) in [4.78, 5) is 29.1. The van der Waals surface area contributed by atoms with Crippen LogP contribution in [0.4, 0.5) is 5.13 Å². The van der Waals surface area contributed by atoms with Gasteiger partial charge in [0.15, 0.2) is 10.6 Å². The minimum atomic E-state index is -0.382. The highest BCUT2D eigenvalue weighted by molar-refractivity contribution is 7.22. The molecule has 2 heterocycles. The smallest absolute Gasteiger partial charge is 0.243 e. The molecule has 9 heteroatoms. The molecule has 0 unspecified atom stereocenters. The molecule has 0 aliphatic rings. The minimum absolute atomic E-state index is 0.0892. The van der Waals surface area contributed by atoms with Gasteiger partial charge in [-0.05, 0) is 50.1 Å². The first kappa shape index (κ1) is 24.4. The van der Waals surface area contributed by atoms with Crippen LogP contribution in [0.1, 0.15) is 38.2 Å². The van der Waals surface area contributed by atoms with Crippen LogP contribution in [0.5, 0.6) is 5.75 Å². The van der Waals surface area contributed by atoms with Gasteiger partial charge in [-0.2, -0.15) is 0 Å². The van der Waals surface area contributed by atoms with Gasteiger partial charge in [0.1, 0.15) is 5.75 Å². The zero-order valence-electron chi connectivity index (χ0n) is 19.5. The molecule has 0 spiro atoms. The number of fused-ring (bicyclic) bond motifs is 2. The largest absolute Gasteiger partial charge is 0.494 e. The topological polar surface area (TPSA) is 105 Å². The Morgan fingerprint density at radius 3 is 2.83 bits per heavy atom. The van der Waals surface area contributed by atoms with Crippen molar-refractivity contribution in [3.05, 3.63) is 71.0 Å². The highest BCUT2D eigenvalue weighted by atomic mass is 32.1. The molecule has 4 rings (SSSR count). The molecular weight excluding hydrogens is 464 g/mol. The molecule has 0 fully saturated rings. The number of ether oxygens (including phenoxy) is 1. The zero-order chi connectivity index (χ0) is 24.8. The van der Waals surface area contributed by atoms with Crippen LogP contribution in [0.25, 0.3) is 26.8 Å². The number of carbonyl (C=O) groups is 1. The van der Waals surface area contributed by atoms with E-state index >= 15 is 0 Å². The van der Waals surface area contributed by atoms with Crippen LogP contribution in [-0.2, 0) is 11.3 Å². The second-order valence-electron chi connectivity index (χ2n) is 8.11. The number of anilines is 1. The van der Waals surface area contributed by atoms with Crippen molar-refractivity contribution in [3.8, 4) is 5.75 Å². The maximum atomic E-state index is 13.3. The summed E-state index contributed by atoms with van der Waals surface area (Å²) >= 11 is 1.48. The van der Waals surface area contributed by atoms with Crippen molar-refractivity contribution in [1.29, 1.82) is 0 Å². The van der Waals surface area contributed by atoms with Crippen LogP contribution in [0.2, 0.25) is 0 Å². The van der Waals surface area contributed by atoms with E-state index in [9.17, 15) is 9.59 Å². The van der Waals surface area contributed by atoms with Crippen molar-refractivity contribution in [2.75, 3.05) is 11.9 Å². The van der Waals surface area contributed by atoms with E-state index in [1.165, 1.54) is 11.3 Å². The summed E-state index contributed by atoms with van der Waals surface area (Å²) in [6, 6.07) is 13.3. The molecule has 0 aliphatic carbocycles. The third-order valence-corrected chi connectivity index (χ3v) is 6.60. The normalized spacial score (nSPS) is 11.0. The number of aryl methyl sites for hydroxylation is 1. The second-order valence-corrected chi connectivity index (χ2v) is 9.14. The number of carbonyl (C=O) groups excluding carboxylic acids is 1. The van der Waals surface area contributed by atoms with E-state index < -0.39 is 0 Å². The quantitative estimate of drug-likeness (QED) is 0.152. The van der Waals surface area contributed by atoms with Gasteiger partial charge >= 0.3 is 0 Å². The van der Waals surface area contributed by atoms with Crippen molar-refractivity contribution in [3.63, 3.8) is 0 Å². The molecule has 3 N–H and O–H groups in total. The lowest BCUT2D eigenvalue weighted by Gasteiger charge is -2.15. The molecule has 0 aliphatic heterocycles. The number of rotatable bonds is 11. The molecule has 8 nitrogen and oxygen atoms in total. The summed E-state index contributed by atoms with van der Waals surface area (Å²) in [6.45, 7) is 7.36. The van der Waals surface area contributed by atoms with E-state index in [1.54, 1.807) is 5.48 Å². The molecule has 1 amide bonds. The summed E-state index contributed by atoms with van der Waals surface area (Å²) in [5, 5.41) is 13.1. The summed E-state index contributed by atoms with van der Waals surface area (Å²) in [7, 11) is 0. The fraction of sp³-hybridized carbons (Fsp3) is 0.269. The number of thiazole rings is 1. The third-order valence-electron chi connectivity index (χ3n) is 5.67. The van der Waals surface area contributed by atoms with Crippen molar-refractivity contribution in [2.24, 2.45) is 0 Å². The fourth-order valence-electron chi connectivity index (χ4n) is 3.96. The van der Waals surface area contributed by atoms with Gasteiger partial charge in [0.2, 0.25) is 5.91 Å². The number of hydroxylamine groups is 1. The van der Waals surface area contributed by atoms with Gasteiger partial charge in [-0.3, -0.25) is 14.8 Å². The van der Waals surface area contributed by atoms with Gasteiger partial charge in [0, 0.05) is 30.2 Å². The number of nitrogens with one attached hydrogen (secondary N) is 2. The third kappa shape index (κ3) is 5.70. The van der Waals surface area contributed by atoms with Crippen LogP contribution in [0, 0.1) is 0 Å². The predicted octanol–water partition coefficient (Wildman–Crippen LogP) is 5.16. The van der Waals surface area contributed by atoms with Gasteiger partial charge < -0.3 is 14.6 Å². The average Bonchev–Trinajstić information content (AvgIpc) is 3.26. The Morgan fingerprint density at radius 1 is 1.20 bits per heavy atom. The van der Waals surface area contributed by atoms with Crippen LogP contribution < -0.4 is 21.0 Å². The van der Waals surface area contributed by atoms with Gasteiger partial charge in [0.05, 0.1) is 27.9 Å². The summed E-state index contributed by atoms with van der Waals surface area (Å²) < 4.78 is 8.61. The average molecular weight is 493 g/mol. The molecule has 2 aromatic heterocycles. The van der Waals surface area contributed by atoms with Crippen LogP contribution in [-0.4, -0.2) is 27.3 Å². The van der Waals surface area contributed by atoms with Crippen molar-refractivity contribution in [1.82, 2.24) is 15.0 Å². The monoisotopic (exact) mass is 492 g/mol. The Kier molecular flexibility index (Phi) is 7.79. The first-order valence-corrected chi connectivity index (χ1v) is 12.4.